The van der Waals surface area contributed by atoms with E-state index in [9.17, 15) is 14.7 Å². The fourth-order valence-corrected chi connectivity index (χ4v) is 4.54. The van der Waals surface area contributed by atoms with E-state index in [1.54, 1.807) is 37.3 Å². The van der Waals surface area contributed by atoms with Crippen LogP contribution >= 0.6 is 0 Å². The molecule has 1 amide bonds. The molecule has 0 aliphatic heterocycles. The van der Waals surface area contributed by atoms with Gasteiger partial charge in [-0.3, -0.25) is 4.79 Å². The summed E-state index contributed by atoms with van der Waals surface area (Å²) in [6.07, 6.45) is 3.46. The van der Waals surface area contributed by atoms with Crippen molar-refractivity contribution in [2.24, 2.45) is 0 Å². The van der Waals surface area contributed by atoms with E-state index in [1.807, 2.05) is 87.4 Å². The first-order valence-electron chi connectivity index (χ1n) is 12.4. The predicted molar refractivity (Wildman–Crippen MR) is 152 cm³/mol. The third-order valence-corrected chi connectivity index (χ3v) is 6.77. The van der Waals surface area contributed by atoms with Crippen LogP contribution in [0.15, 0.2) is 88.2 Å². The molecule has 0 aliphatic rings. The van der Waals surface area contributed by atoms with Crippen LogP contribution in [-0.4, -0.2) is 35.9 Å². The summed E-state index contributed by atoms with van der Waals surface area (Å²) in [5.74, 6) is -0.574. The summed E-state index contributed by atoms with van der Waals surface area (Å²) < 4.78 is 4.79. The molecule has 7 heteroatoms. The lowest BCUT2D eigenvalue weighted by molar-refractivity contribution is -0.131. The molecule has 0 radical (unpaired) electrons. The van der Waals surface area contributed by atoms with Crippen LogP contribution in [0.5, 0.6) is 0 Å². The zero-order valence-corrected chi connectivity index (χ0v) is 22.4. The number of nitrogens with one attached hydrogen (secondary N) is 1. The first-order chi connectivity index (χ1) is 18.0. The molecule has 1 atom stereocenters. The molecule has 0 bridgehead atoms. The van der Waals surface area contributed by atoms with Gasteiger partial charge in [0.05, 0.1) is 11.1 Å². The highest BCUT2D eigenvalue weighted by atomic mass is 16.5. The second-order valence-corrected chi connectivity index (χ2v) is 10.4. The molecular formula is C31H33N3O4. The number of nitrogens with zero attached hydrogens (tertiary/aromatic N) is 2. The number of amides is 1. The molecule has 196 valence electrons. The van der Waals surface area contributed by atoms with E-state index >= 15 is 0 Å². The van der Waals surface area contributed by atoms with E-state index in [0.717, 1.165) is 16.8 Å². The molecular weight excluding hydrogens is 478 g/mol. The maximum atomic E-state index is 13.7. The smallest absolute Gasteiger partial charge is 0.366 e. The minimum absolute atomic E-state index is 0.139. The number of carbonyl (C=O) groups excluding carboxylic acids is 1. The van der Waals surface area contributed by atoms with Crippen molar-refractivity contribution in [3.8, 4) is 0 Å². The summed E-state index contributed by atoms with van der Waals surface area (Å²) in [5.41, 5.74) is 0.984. The van der Waals surface area contributed by atoms with Gasteiger partial charge >= 0.3 is 5.63 Å². The Morgan fingerprint density at radius 2 is 1.71 bits per heavy atom. The first kappa shape index (κ1) is 26.8. The predicted octanol–water partition coefficient (Wildman–Crippen LogP) is 5.31. The van der Waals surface area contributed by atoms with E-state index in [0.29, 0.717) is 22.2 Å². The summed E-state index contributed by atoms with van der Waals surface area (Å²) in [4.78, 5) is 27.7. The molecule has 38 heavy (non-hydrogen) atoms. The zero-order valence-electron chi connectivity index (χ0n) is 22.4. The lowest BCUT2D eigenvalue weighted by Gasteiger charge is -2.34. The molecule has 1 unspecified atom stereocenters. The van der Waals surface area contributed by atoms with Gasteiger partial charge in [0.1, 0.15) is 0 Å². The third-order valence-electron chi connectivity index (χ3n) is 6.77. The average Bonchev–Trinajstić information content (AvgIpc) is 2.90. The number of aliphatic hydroxyl groups is 1. The molecule has 2 N–H and O–H groups in total. The number of rotatable bonds is 8. The highest BCUT2D eigenvalue weighted by Gasteiger charge is 2.40. The SMILES string of the molecule is Cc1noc(=O)c2ccc(NC(=O)C(O)(/C=C/c3ccc(N(C)C)cc3)CC(C)(C)c3ccccc3)cc12. The minimum atomic E-state index is -1.84. The van der Waals surface area contributed by atoms with Crippen molar-refractivity contribution in [2.45, 2.75) is 38.2 Å². The Morgan fingerprint density at radius 1 is 1.03 bits per heavy atom. The van der Waals surface area contributed by atoms with Crippen LogP contribution < -0.4 is 15.8 Å². The van der Waals surface area contributed by atoms with Gasteiger partial charge in [-0.2, -0.15) is 0 Å². The fourth-order valence-electron chi connectivity index (χ4n) is 4.54. The van der Waals surface area contributed by atoms with E-state index in [-0.39, 0.29) is 6.42 Å². The van der Waals surface area contributed by atoms with Crippen LogP contribution in [0.25, 0.3) is 16.8 Å². The van der Waals surface area contributed by atoms with Crippen molar-refractivity contribution < 1.29 is 14.4 Å². The van der Waals surface area contributed by atoms with Crippen LogP contribution in [0.1, 0.15) is 37.1 Å². The standard InChI is InChI=1S/C31H33N3O4/c1-21-27-19-24(13-16-26(27)28(35)38-33-21)32-29(36)31(37,20-30(2,3)23-9-7-6-8-10-23)18-17-22-11-14-25(15-12-22)34(4)5/h6-19,37H,20H2,1-5H3,(H,32,36)/b18-17+. The number of hydrogen-bond donors (Lipinski definition) is 2. The van der Waals surface area contributed by atoms with Crippen LogP contribution in [0, 0.1) is 6.92 Å². The van der Waals surface area contributed by atoms with E-state index in [2.05, 4.69) is 10.5 Å². The molecule has 1 heterocycles. The lowest BCUT2D eigenvalue weighted by Crippen LogP contribution is -2.45. The molecule has 1 aromatic heterocycles. The zero-order chi connectivity index (χ0) is 27.5. The van der Waals surface area contributed by atoms with Crippen molar-refractivity contribution in [2.75, 3.05) is 24.3 Å². The van der Waals surface area contributed by atoms with Gasteiger partial charge in [-0.1, -0.05) is 67.5 Å². The molecule has 0 aliphatic carbocycles. The quantitative estimate of drug-likeness (QED) is 0.333. The number of benzene rings is 3. The monoisotopic (exact) mass is 511 g/mol. The van der Waals surface area contributed by atoms with Crippen LogP contribution in [0.3, 0.4) is 0 Å². The number of carbonyl (C=O) groups is 1. The van der Waals surface area contributed by atoms with Gasteiger partial charge in [-0.05, 0) is 66.3 Å². The molecule has 0 fully saturated rings. The largest absolute Gasteiger partial charge is 0.378 e. The maximum absolute atomic E-state index is 13.7. The van der Waals surface area contributed by atoms with Crippen molar-refractivity contribution in [3.05, 3.63) is 106 Å². The molecule has 0 spiro atoms. The summed E-state index contributed by atoms with van der Waals surface area (Å²) in [7, 11) is 3.94. The molecule has 0 saturated carbocycles. The van der Waals surface area contributed by atoms with Gasteiger partial charge in [0, 0.05) is 30.9 Å². The van der Waals surface area contributed by atoms with Crippen LogP contribution in [0.2, 0.25) is 0 Å². The second kappa shape index (κ2) is 10.6. The Kier molecular flexibility index (Phi) is 7.51. The summed E-state index contributed by atoms with van der Waals surface area (Å²) in [6.45, 7) is 5.73. The Bertz CT molecular complexity index is 1520. The maximum Gasteiger partial charge on any atom is 0.366 e. The molecule has 0 saturated heterocycles. The van der Waals surface area contributed by atoms with E-state index in [1.165, 1.54) is 0 Å². The van der Waals surface area contributed by atoms with Crippen molar-refractivity contribution in [1.29, 1.82) is 0 Å². The van der Waals surface area contributed by atoms with Gasteiger partial charge in [0.25, 0.3) is 5.91 Å². The lowest BCUT2D eigenvalue weighted by atomic mass is 9.74. The topological polar surface area (TPSA) is 95.7 Å². The number of anilines is 2. The van der Waals surface area contributed by atoms with Gasteiger partial charge in [0.15, 0.2) is 5.60 Å². The average molecular weight is 512 g/mol. The number of fused-ring (bicyclic) bond motifs is 1. The second-order valence-electron chi connectivity index (χ2n) is 10.4. The highest BCUT2D eigenvalue weighted by Crippen LogP contribution is 2.34. The Labute approximate surface area is 222 Å². The molecule has 4 rings (SSSR count). The van der Waals surface area contributed by atoms with Gasteiger partial charge in [0.2, 0.25) is 0 Å². The normalized spacial score (nSPS) is 13.4. The van der Waals surface area contributed by atoms with Gasteiger partial charge in [-0.15, -0.1) is 0 Å². The van der Waals surface area contributed by atoms with Crippen LogP contribution in [0.4, 0.5) is 11.4 Å². The Balaban J connectivity index is 1.68. The summed E-state index contributed by atoms with van der Waals surface area (Å²) >= 11 is 0. The van der Waals surface area contributed by atoms with Gasteiger partial charge < -0.3 is 19.8 Å². The summed E-state index contributed by atoms with van der Waals surface area (Å²) in [5, 5.41) is 19.4. The van der Waals surface area contributed by atoms with E-state index in [4.69, 9.17) is 4.52 Å². The Hall–Kier alpha value is -4.23. The van der Waals surface area contributed by atoms with Crippen LogP contribution in [-0.2, 0) is 10.2 Å². The molecule has 3 aromatic carbocycles. The van der Waals surface area contributed by atoms with Crippen molar-refractivity contribution in [1.82, 2.24) is 5.16 Å². The number of aromatic nitrogens is 1. The first-order valence-corrected chi connectivity index (χ1v) is 12.4. The van der Waals surface area contributed by atoms with Crippen molar-refractivity contribution >= 4 is 34.1 Å². The molecule has 4 aromatic rings. The van der Waals surface area contributed by atoms with E-state index < -0.39 is 22.5 Å². The fraction of sp³-hybridized carbons (Fsp3) is 0.258. The highest BCUT2D eigenvalue weighted by molar-refractivity contribution is 6.01. The number of aryl methyl sites for hydroxylation is 1. The van der Waals surface area contributed by atoms with Crippen molar-refractivity contribution in [3.63, 3.8) is 0 Å². The number of hydrogen-bond acceptors (Lipinski definition) is 6. The molecule has 7 nitrogen and oxygen atoms in total. The Morgan fingerprint density at radius 3 is 2.37 bits per heavy atom. The van der Waals surface area contributed by atoms with Gasteiger partial charge in [-0.25, -0.2) is 4.79 Å². The third kappa shape index (κ3) is 5.84. The summed E-state index contributed by atoms with van der Waals surface area (Å²) in [6, 6.07) is 22.5. The minimum Gasteiger partial charge on any atom is -0.378 e.